The summed E-state index contributed by atoms with van der Waals surface area (Å²) in [6, 6.07) is 8.31. The number of benzene rings is 1. The van der Waals surface area contributed by atoms with Gasteiger partial charge in [0.2, 0.25) is 5.91 Å². The van der Waals surface area contributed by atoms with Gasteiger partial charge in [-0.25, -0.2) is 4.98 Å². The summed E-state index contributed by atoms with van der Waals surface area (Å²) in [4.78, 5) is 31.2. The molecule has 1 aliphatic rings. The molecule has 1 saturated heterocycles. The second kappa shape index (κ2) is 6.80. The van der Waals surface area contributed by atoms with Crippen LogP contribution in [0.25, 0.3) is 10.2 Å². The SMILES string of the molecule is COc1ccc2nc(NC(=O)C3CCCN3C(=O)c3ccco3)sc2c1. The second-order valence-electron chi connectivity index (χ2n) is 5.98. The van der Waals surface area contributed by atoms with Crippen molar-refractivity contribution in [3.8, 4) is 5.75 Å². The van der Waals surface area contributed by atoms with Crippen LogP contribution in [-0.4, -0.2) is 41.4 Å². The van der Waals surface area contributed by atoms with Gasteiger partial charge in [-0.1, -0.05) is 11.3 Å². The molecule has 1 atom stereocenters. The molecule has 1 aromatic carbocycles. The summed E-state index contributed by atoms with van der Waals surface area (Å²) in [5.74, 6) is 0.497. The van der Waals surface area contributed by atoms with Crippen LogP contribution in [0, 0.1) is 0 Å². The van der Waals surface area contributed by atoms with Gasteiger partial charge >= 0.3 is 0 Å². The molecular formula is C18H17N3O4S. The highest BCUT2D eigenvalue weighted by Gasteiger charge is 2.35. The molecule has 1 aliphatic heterocycles. The zero-order valence-electron chi connectivity index (χ0n) is 14.1. The molecule has 1 N–H and O–H groups in total. The van der Waals surface area contributed by atoms with Crippen molar-refractivity contribution in [2.45, 2.75) is 18.9 Å². The first-order valence-corrected chi connectivity index (χ1v) is 9.07. The molecule has 0 radical (unpaired) electrons. The largest absolute Gasteiger partial charge is 0.497 e. The Kier molecular flexibility index (Phi) is 4.34. The van der Waals surface area contributed by atoms with E-state index in [2.05, 4.69) is 10.3 Å². The molecule has 3 aromatic rings. The number of thiazole rings is 1. The predicted molar refractivity (Wildman–Crippen MR) is 97.6 cm³/mol. The summed E-state index contributed by atoms with van der Waals surface area (Å²) in [6.45, 7) is 0.536. The summed E-state index contributed by atoms with van der Waals surface area (Å²) in [6.07, 6.45) is 2.85. The highest BCUT2D eigenvalue weighted by molar-refractivity contribution is 7.22. The Balaban J connectivity index is 1.51. The number of carbonyl (C=O) groups excluding carboxylic acids is 2. The predicted octanol–water partition coefficient (Wildman–Crippen LogP) is 3.14. The van der Waals surface area contributed by atoms with Crippen molar-refractivity contribution in [2.24, 2.45) is 0 Å². The fourth-order valence-electron chi connectivity index (χ4n) is 3.10. The van der Waals surface area contributed by atoms with E-state index in [1.807, 2.05) is 18.2 Å². The minimum Gasteiger partial charge on any atom is -0.497 e. The fraction of sp³-hybridized carbons (Fsp3) is 0.278. The van der Waals surface area contributed by atoms with Gasteiger partial charge in [0, 0.05) is 6.54 Å². The molecule has 134 valence electrons. The van der Waals surface area contributed by atoms with Crippen molar-refractivity contribution in [1.82, 2.24) is 9.88 Å². The number of likely N-dealkylation sites (tertiary alicyclic amines) is 1. The number of furan rings is 1. The number of nitrogens with zero attached hydrogens (tertiary/aromatic N) is 2. The van der Waals surface area contributed by atoms with E-state index < -0.39 is 6.04 Å². The number of ether oxygens (including phenoxy) is 1. The van der Waals surface area contributed by atoms with E-state index in [1.54, 1.807) is 24.1 Å². The van der Waals surface area contributed by atoms with Gasteiger partial charge in [-0.05, 0) is 43.2 Å². The van der Waals surface area contributed by atoms with Crippen molar-refractivity contribution in [1.29, 1.82) is 0 Å². The van der Waals surface area contributed by atoms with Crippen LogP contribution in [0.5, 0.6) is 5.75 Å². The van der Waals surface area contributed by atoms with E-state index in [0.29, 0.717) is 18.1 Å². The summed E-state index contributed by atoms with van der Waals surface area (Å²) < 4.78 is 11.3. The van der Waals surface area contributed by atoms with Crippen LogP contribution in [0.2, 0.25) is 0 Å². The summed E-state index contributed by atoms with van der Waals surface area (Å²) in [7, 11) is 1.61. The van der Waals surface area contributed by atoms with Crippen LogP contribution in [-0.2, 0) is 4.79 Å². The molecule has 8 heteroatoms. The van der Waals surface area contributed by atoms with Crippen molar-refractivity contribution >= 4 is 38.5 Å². The maximum absolute atomic E-state index is 12.7. The van der Waals surface area contributed by atoms with Crippen molar-refractivity contribution in [3.63, 3.8) is 0 Å². The van der Waals surface area contributed by atoms with Gasteiger partial charge in [0.15, 0.2) is 10.9 Å². The first kappa shape index (κ1) is 16.6. The first-order chi connectivity index (χ1) is 12.7. The third-order valence-corrected chi connectivity index (χ3v) is 5.31. The maximum Gasteiger partial charge on any atom is 0.290 e. The fourth-order valence-corrected chi connectivity index (χ4v) is 4.00. The summed E-state index contributed by atoms with van der Waals surface area (Å²) in [5.41, 5.74) is 0.793. The zero-order chi connectivity index (χ0) is 18.1. The van der Waals surface area contributed by atoms with E-state index in [0.717, 1.165) is 22.4 Å². The standard InChI is InChI=1S/C18H17N3O4S/c1-24-11-6-7-12-15(10-11)26-18(19-12)20-16(22)13-4-2-8-21(13)17(23)14-5-3-9-25-14/h3,5-7,9-10,13H,2,4,8H2,1H3,(H,19,20,22). The molecule has 0 bridgehead atoms. The van der Waals surface area contributed by atoms with E-state index in [9.17, 15) is 9.59 Å². The van der Waals surface area contributed by atoms with Gasteiger partial charge < -0.3 is 19.4 Å². The quantitative estimate of drug-likeness (QED) is 0.762. The van der Waals surface area contributed by atoms with Crippen molar-refractivity contribution < 1.29 is 18.7 Å². The number of carbonyl (C=O) groups is 2. The Labute approximate surface area is 153 Å². The van der Waals surface area contributed by atoms with Crippen LogP contribution in [0.15, 0.2) is 41.0 Å². The lowest BCUT2D eigenvalue weighted by atomic mass is 10.2. The average molecular weight is 371 g/mol. The van der Waals surface area contributed by atoms with Crippen LogP contribution >= 0.6 is 11.3 Å². The summed E-state index contributed by atoms with van der Waals surface area (Å²) >= 11 is 1.38. The molecule has 2 aromatic heterocycles. The topological polar surface area (TPSA) is 84.7 Å². The van der Waals surface area contributed by atoms with Gasteiger partial charge in [0.25, 0.3) is 5.91 Å². The van der Waals surface area contributed by atoms with Gasteiger partial charge in [0.1, 0.15) is 11.8 Å². The molecule has 1 unspecified atom stereocenters. The van der Waals surface area contributed by atoms with Crippen molar-refractivity contribution in [3.05, 3.63) is 42.4 Å². The molecule has 3 heterocycles. The number of anilines is 1. The number of fused-ring (bicyclic) bond motifs is 1. The zero-order valence-corrected chi connectivity index (χ0v) is 14.9. The van der Waals surface area contributed by atoms with Gasteiger partial charge in [-0.3, -0.25) is 9.59 Å². The molecule has 4 rings (SSSR count). The third kappa shape index (κ3) is 3.03. The van der Waals surface area contributed by atoms with Crippen LogP contribution in [0.3, 0.4) is 0 Å². The number of aromatic nitrogens is 1. The van der Waals surface area contributed by atoms with Crippen molar-refractivity contribution in [2.75, 3.05) is 19.0 Å². The van der Waals surface area contributed by atoms with Crippen LogP contribution in [0.4, 0.5) is 5.13 Å². The maximum atomic E-state index is 12.7. The smallest absolute Gasteiger partial charge is 0.290 e. The highest BCUT2D eigenvalue weighted by Crippen LogP contribution is 2.30. The number of hydrogen-bond donors (Lipinski definition) is 1. The molecule has 7 nitrogen and oxygen atoms in total. The number of methoxy groups -OCH3 is 1. The van der Waals surface area contributed by atoms with Gasteiger partial charge in [0.05, 0.1) is 23.6 Å². The Morgan fingerprint density at radius 3 is 3.04 bits per heavy atom. The molecular weight excluding hydrogens is 354 g/mol. The molecule has 1 fully saturated rings. The normalized spacial score (nSPS) is 16.8. The number of hydrogen-bond acceptors (Lipinski definition) is 6. The van der Waals surface area contributed by atoms with Crippen LogP contribution in [0.1, 0.15) is 23.4 Å². The number of nitrogens with one attached hydrogen (secondary N) is 1. The second-order valence-corrected chi connectivity index (χ2v) is 7.01. The Morgan fingerprint density at radius 1 is 1.38 bits per heavy atom. The van der Waals surface area contributed by atoms with Gasteiger partial charge in [-0.15, -0.1) is 0 Å². The number of amides is 2. The number of rotatable bonds is 4. The Bertz CT molecular complexity index is 951. The molecule has 26 heavy (non-hydrogen) atoms. The Morgan fingerprint density at radius 2 is 2.27 bits per heavy atom. The van der Waals surface area contributed by atoms with E-state index >= 15 is 0 Å². The lowest BCUT2D eigenvalue weighted by molar-refractivity contribution is -0.119. The highest BCUT2D eigenvalue weighted by atomic mass is 32.1. The lowest BCUT2D eigenvalue weighted by Crippen LogP contribution is -2.43. The Hall–Kier alpha value is -2.87. The lowest BCUT2D eigenvalue weighted by Gasteiger charge is -2.22. The van der Waals surface area contributed by atoms with E-state index in [-0.39, 0.29) is 17.6 Å². The minimum absolute atomic E-state index is 0.228. The summed E-state index contributed by atoms with van der Waals surface area (Å²) in [5, 5.41) is 3.35. The monoisotopic (exact) mass is 371 g/mol. The molecule has 2 amide bonds. The first-order valence-electron chi connectivity index (χ1n) is 8.25. The van der Waals surface area contributed by atoms with Crippen LogP contribution < -0.4 is 10.1 Å². The minimum atomic E-state index is -0.519. The average Bonchev–Trinajstić information content (AvgIpc) is 3.39. The van der Waals surface area contributed by atoms with E-state index in [4.69, 9.17) is 9.15 Å². The third-order valence-electron chi connectivity index (χ3n) is 4.37. The van der Waals surface area contributed by atoms with Gasteiger partial charge in [-0.2, -0.15) is 0 Å². The molecule has 0 saturated carbocycles. The molecule has 0 aliphatic carbocycles. The molecule has 0 spiro atoms. The van der Waals surface area contributed by atoms with E-state index in [1.165, 1.54) is 17.6 Å².